The SMILES string of the molecule is CC(C)n1c(C(C)(C)N)cc2cc(O)ccc21. The molecule has 0 unspecified atom stereocenters. The van der Waals surface area contributed by atoms with E-state index in [2.05, 4.69) is 24.5 Å². The molecule has 0 atom stereocenters. The molecule has 2 rings (SSSR count). The fourth-order valence-electron chi connectivity index (χ4n) is 2.28. The van der Waals surface area contributed by atoms with Crippen LogP contribution in [0.2, 0.25) is 0 Å². The minimum absolute atomic E-state index is 0.291. The van der Waals surface area contributed by atoms with Gasteiger partial charge in [0.25, 0.3) is 0 Å². The maximum Gasteiger partial charge on any atom is 0.116 e. The molecule has 2 aromatic rings. The van der Waals surface area contributed by atoms with Crippen molar-refractivity contribution in [1.82, 2.24) is 4.57 Å². The van der Waals surface area contributed by atoms with Crippen molar-refractivity contribution in [3.63, 3.8) is 0 Å². The summed E-state index contributed by atoms with van der Waals surface area (Å²) < 4.78 is 2.23. The Hall–Kier alpha value is -1.48. The van der Waals surface area contributed by atoms with Crippen LogP contribution in [0.3, 0.4) is 0 Å². The van der Waals surface area contributed by atoms with E-state index in [9.17, 15) is 5.11 Å². The smallest absolute Gasteiger partial charge is 0.116 e. The summed E-state index contributed by atoms with van der Waals surface area (Å²) in [5.41, 5.74) is 8.03. The van der Waals surface area contributed by atoms with Gasteiger partial charge in [0.2, 0.25) is 0 Å². The van der Waals surface area contributed by atoms with Crippen molar-refractivity contribution >= 4 is 10.9 Å². The van der Waals surface area contributed by atoms with E-state index in [4.69, 9.17) is 5.73 Å². The Morgan fingerprint density at radius 1 is 1.24 bits per heavy atom. The van der Waals surface area contributed by atoms with E-state index in [0.29, 0.717) is 11.8 Å². The average molecular weight is 232 g/mol. The van der Waals surface area contributed by atoms with E-state index in [1.807, 2.05) is 19.9 Å². The maximum absolute atomic E-state index is 9.53. The van der Waals surface area contributed by atoms with Crippen LogP contribution in [0, 0.1) is 0 Å². The summed E-state index contributed by atoms with van der Waals surface area (Å²) in [6.45, 7) is 8.28. The molecule has 3 nitrogen and oxygen atoms in total. The Kier molecular flexibility index (Phi) is 2.66. The van der Waals surface area contributed by atoms with E-state index in [1.54, 1.807) is 12.1 Å². The van der Waals surface area contributed by atoms with Crippen molar-refractivity contribution in [1.29, 1.82) is 0 Å². The lowest BCUT2D eigenvalue weighted by Gasteiger charge is -2.24. The highest BCUT2D eigenvalue weighted by molar-refractivity contribution is 5.83. The van der Waals surface area contributed by atoms with E-state index >= 15 is 0 Å². The molecular formula is C14H20N2O. The third-order valence-corrected chi connectivity index (χ3v) is 3.00. The summed E-state index contributed by atoms with van der Waals surface area (Å²) in [5.74, 6) is 0.291. The van der Waals surface area contributed by atoms with Gasteiger partial charge in [0.05, 0.1) is 5.54 Å². The average Bonchev–Trinajstić information content (AvgIpc) is 2.55. The molecule has 0 amide bonds. The number of benzene rings is 1. The first-order chi connectivity index (χ1) is 7.80. The topological polar surface area (TPSA) is 51.2 Å². The first-order valence-corrected chi connectivity index (χ1v) is 5.94. The van der Waals surface area contributed by atoms with Gasteiger partial charge in [-0.15, -0.1) is 0 Å². The van der Waals surface area contributed by atoms with Gasteiger partial charge < -0.3 is 15.4 Å². The van der Waals surface area contributed by atoms with Crippen molar-refractivity contribution in [2.24, 2.45) is 5.73 Å². The second-order valence-corrected chi connectivity index (χ2v) is 5.46. The Morgan fingerprint density at radius 3 is 2.41 bits per heavy atom. The van der Waals surface area contributed by atoms with Crippen molar-refractivity contribution in [2.75, 3.05) is 0 Å². The van der Waals surface area contributed by atoms with Gasteiger partial charge in [-0.3, -0.25) is 0 Å². The molecule has 0 radical (unpaired) electrons. The molecular weight excluding hydrogens is 212 g/mol. The van der Waals surface area contributed by atoms with Gasteiger partial charge in [-0.1, -0.05) is 0 Å². The summed E-state index contributed by atoms with van der Waals surface area (Å²) in [6, 6.07) is 7.85. The third-order valence-electron chi connectivity index (χ3n) is 3.00. The zero-order valence-corrected chi connectivity index (χ0v) is 10.9. The minimum Gasteiger partial charge on any atom is -0.508 e. The van der Waals surface area contributed by atoms with Crippen LogP contribution in [0.15, 0.2) is 24.3 Å². The van der Waals surface area contributed by atoms with Crippen molar-refractivity contribution in [2.45, 2.75) is 39.3 Å². The van der Waals surface area contributed by atoms with Gasteiger partial charge in [0, 0.05) is 22.6 Å². The molecule has 1 heterocycles. The molecule has 0 aliphatic heterocycles. The van der Waals surface area contributed by atoms with Gasteiger partial charge in [-0.2, -0.15) is 0 Å². The van der Waals surface area contributed by atoms with Crippen LogP contribution in [-0.4, -0.2) is 9.67 Å². The van der Waals surface area contributed by atoms with E-state index in [0.717, 1.165) is 16.6 Å². The summed E-state index contributed by atoms with van der Waals surface area (Å²) in [6.07, 6.45) is 0. The number of fused-ring (bicyclic) bond motifs is 1. The number of rotatable bonds is 2. The number of aromatic nitrogens is 1. The van der Waals surface area contributed by atoms with Gasteiger partial charge in [0.15, 0.2) is 0 Å². The van der Waals surface area contributed by atoms with E-state index in [-0.39, 0.29) is 5.54 Å². The molecule has 0 aliphatic rings. The highest BCUT2D eigenvalue weighted by Crippen LogP contribution is 2.31. The lowest BCUT2D eigenvalue weighted by molar-refractivity contribution is 0.473. The van der Waals surface area contributed by atoms with Crippen LogP contribution in [0.25, 0.3) is 10.9 Å². The van der Waals surface area contributed by atoms with Crippen LogP contribution >= 0.6 is 0 Å². The van der Waals surface area contributed by atoms with Gasteiger partial charge in [-0.25, -0.2) is 0 Å². The first-order valence-electron chi connectivity index (χ1n) is 5.94. The number of hydrogen-bond donors (Lipinski definition) is 2. The quantitative estimate of drug-likeness (QED) is 0.835. The molecule has 3 N–H and O–H groups in total. The Labute approximate surface area is 102 Å². The van der Waals surface area contributed by atoms with Crippen LogP contribution < -0.4 is 5.73 Å². The summed E-state index contributed by atoms with van der Waals surface area (Å²) >= 11 is 0. The lowest BCUT2D eigenvalue weighted by atomic mass is 10.0. The Morgan fingerprint density at radius 2 is 1.88 bits per heavy atom. The van der Waals surface area contributed by atoms with Crippen LogP contribution in [0.4, 0.5) is 0 Å². The highest BCUT2D eigenvalue weighted by atomic mass is 16.3. The fourth-order valence-corrected chi connectivity index (χ4v) is 2.28. The molecule has 1 aromatic heterocycles. The minimum atomic E-state index is -0.390. The number of hydrogen-bond acceptors (Lipinski definition) is 2. The fraction of sp³-hybridized carbons (Fsp3) is 0.429. The number of nitrogens with two attached hydrogens (primary N) is 1. The van der Waals surface area contributed by atoms with Gasteiger partial charge in [-0.05, 0) is 52.0 Å². The predicted octanol–water partition coefficient (Wildman–Crippen LogP) is 3.12. The molecule has 3 heteroatoms. The number of phenols is 1. The third kappa shape index (κ3) is 2.03. The van der Waals surface area contributed by atoms with Gasteiger partial charge >= 0.3 is 0 Å². The van der Waals surface area contributed by atoms with Crippen molar-refractivity contribution < 1.29 is 5.11 Å². The Bertz CT molecular complexity index is 547. The molecule has 0 fully saturated rings. The molecule has 92 valence electrons. The van der Waals surface area contributed by atoms with Crippen molar-refractivity contribution in [3.8, 4) is 5.75 Å². The van der Waals surface area contributed by atoms with Crippen LogP contribution in [0.1, 0.15) is 39.4 Å². The monoisotopic (exact) mass is 232 g/mol. The van der Waals surface area contributed by atoms with Crippen LogP contribution in [0.5, 0.6) is 5.75 Å². The van der Waals surface area contributed by atoms with Crippen molar-refractivity contribution in [3.05, 3.63) is 30.0 Å². The summed E-state index contributed by atoms with van der Waals surface area (Å²) in [7, 11) is 0. The van der Waals surface area contributed by atoms with E-state index < -0.39 is 0 Å². The second kappa shape index (κ2) is 3.77. The van der Waals surface area contributed by atoms with Crippen LogP contribution in [-0.2, 0) is 5.54 Å². The normalized spacial score (nSPS) is 12.6. The Balaban J connectivity index is 2.80. The van der Waals surface area contributed by atoms with E-state index in [1.165, 1.54) is 0 Å². The summed E-state index contributed by atoms with van der Waals surface area (Å²) in [4.78, 5) is 0. The molecule has 0 spiro atoms. The molecule has 0 saturated carbocycles. The number of aromatic hydroxyl groups is 1. The molecule has 1 aromatic carbocycles. The predicted molar refractivity (Wildman–Crippen MR) is 71.2 cm³/mol. The molecule has 17 heavy (non-hydrogen) atoms. The molecule has 0 saturated heterocycles. The zero-order valence-electron chi connectivity index (χ0n) is 10.9. The summed E-state index contributed by atoms with van der Waals surface area (Å²) in [5, 5.41) is 10.6. The zero-order chi connectivity index (χ0) is 12.8. The highest BCUT2D eigenvalue weighted by Gasteiger charge is 2.22. The number of nitrogens with zero attached hydrogens (tertiary/aromatic N) is 1. The lowest BCUT2D eigenvalue weighted by Crippen LogP contribution is -2.32. The molecule has 0 aliphatic carbocycles. The second-order valence-electron chi connectivity index (χ2n) is 5.46. The molecule has 0 bridgehead atoms. The number of phenolic OH excluding ortho intramolecular Hbond substituents is 1. The first kappa shape index (κ1) is 12.0. The largest absolute Gasteiger partial charge is 0.508 e. The maximum atomic E-state index is 9.53. The standard InChI is InChI=1S/C14H20N2O/c1-9(2)16-12-6-5-11(17)7-10(12)8-13(16)14(3,4)15/h5-9,17H,15H2,1-4H3. The van der Waals surface area contributed by atoms with Gasteiger partial charge in [0.1, 0.15) is 5.75 Å².